The third kappa shape index (κ3) is 6.78. The Balaban J connectivity index is 1.23. The van der Waals surface area contributed by atoms with Crippen molar-refractivity contribution < 1.29 is 0 Å². The van der Waals surface area contributed by atoms with E-state index in [0.717, 1.165) is 83.3 Å². The fraction of sp³-hybridized carbons (Fsp3) is 0. The highest BCUT2D eigenvalue weighted by Crippen LogP contribution is 2.44. The first kappa shape index (κ1) is 36.7. The summed E-state index contributed by atoms with van der Waals surface area (Å²) in [6.45, 7) is 0. The van der Waals surface area contributed by atoms with Gasteiger partial charge in [0.15, 0.2) is 17.5 Å². The summed E-state index contributed by atoms with van der Waals surface area (Å²) in [7, 11) is 0. The molecule has 0 atom stereocenters. The molecule has 0 spiro atoms. The first-order chi connectivity index (χ1) is 30.6. The van der Waals surface area contributed by atoms with Crippen LogP contribution in [0.25, 0.3) is 106 Å². The van der Waals surface area contributed by atoms with Gasteiger partial charge in [-0.2, -0.15) is 0 Å². The number of hydrogen-bond acceptors (Lipinski definition) is 4. The van der Waals surface area contributed by atoms with E-state index in [2.05, 4.69) is 162 Å². The van der Waals surface area contributed by atoms with E-state index < -0.39 is 0 Å². The molecule has 5 heteroatoms. The van der Waals surface area contributed by atoms with Crippen LogP contribution in [0.3, 0.4) is 0 Å². The smallest absolute Gasteiger partial charge is 0.164 e. The van der Waals surface area contributed by atoms with E-state index in [9.17, 15) is 0 Å². The normalized spacial score (nSPS) is 11.3. The first-order valence-electron chi connectivity index (χ1n) is 20.8. The van der Waals surface area contributed by atoms with Crippen molar-refractivity contribution in [3.8, 4) is 84.4 Å². The molecule has 0 amide bonds. The molecule has 0 saturated heterocycles. The highest BCUT2D eigenvalue weighted by molar-refractivity contribution is 6.11. The van der Waals surface area contributed by atoms with Crippen LogP contribution in [0, 0.1) is 0 Å². The van der Waals surface area contributed by atoms with Crippen LogP contribution in [0.4, 0.5) is 5.69 Å². The van der Waals surface area contributed by atoms with Crippen LogP contribution >= 0.6 is 0 Å². The van der Waals surface area contributed by atoms with E-state index in [1.54, 1.807) is 0 Å². The average Bonchev–Trinajstić information content (AvgIpc) is 3.67. The van der Waals surface area contributed by atoms with Gasteiger partial charge in [-0.15, -0.1) is 0 Å². The van der Waals surface area contributed by atoms with E-state index in [-0.39, 0.29) is 0 Å². The van der Waals surface area contributed by atoms with Crippen molar-refractivity contribution in [1.82, 2.24) is 19.5 Å². The number of fused-ring (bicyclic) bond motifs is 3. The summed E-state index contributed by atoms with van der Waals surface area (Å²) in [5.41, 5.74) is 21.9. The molecule has 0 unspecified atom stereocenters. The Kier molecular flexibility index (Phi) is 9.25. The lowest BCUT2D eigenvalue weighted by atomic mass is 9.91. The van der Waals surface area contributed by atoms with Gasteiger partial charge in [0, 0.05) is 44.3 Å². The molecule has 2 heterocycles. The fourth-order valence-corrected chi connectivity index (χ4v) is 8.56. The van der Waals surface area contributed by atoms with Crippen LogP contribution in [-0.2, 0) is 0 Å². The third-order valence-corrected chi connectivity index (χ3v) is 11.6. The Bertz CT molecular complexity index is 3200. The highest BCUT2D eigenvalue weighted by Gasteiger charge is 2.23. The Morgan fingerprint density at radius 3 is 1.15 bits per heavy atom. The van der Waals surface area contributed by atoms with E-state index in [1.165, 1.54) is 11.1 Å². The van der Waals surface area contributed by atoms with Crippen LogP contribution in [0.15, 0.2) is 224 Å². The minimum absolute atomic E-state index is 0.587. The first-order valence-corrected chi connectivity index (χ1v) is 20.8. The van der Waals surface area contributed by atoms with Crippen LogP contribution in [0.1, 0.15) is 0 Å². The lowest BCUT2D eigenvalue weighted by Crippen LogP contribution is -2.04. The molecule has 0 bridgehead atoms. The second-order valence-corrected chi connectivity index (χ2v) is 15.5. The molecule has 0 fully saturated rings. The Labute approximate surface area is 360 Å². The quantitative estimate of drug-likeness (QED) is 0.156. The number of benzene rings is 9. The van der Waals surface area contributed by atoms with Gasteiger partial charge in [-0.1, -0.05) is 188 Å². The summed E-state index contributed by atoms with van der Waals surface area (Å²) in [4.78, 5) is 15.5. The number of hydrogen-bond donors (Lipinski definition) is 1. The molecule has 0 radical (unpaired) electrons. The lowest BCUT2D eigenvalue weighted by Gasteiger charge is -2.21. The standard InChI is InChI=1S/C57H39N5/c58-47-33-34-53-51(37-47)48-23-13-14-24-52(48)62(53)54-49(42-29-25-40(26-30-42)38-15-5-1-6-16-38)35-46(36-50(54)43-31-27-41(28-32-43)39-17-7-2-8-18-39)57-60-55(44-19-9-3-10-20-44)59-56(61-57)45-21-11-4-12-22-45/h1-37H,58H2. The number of rotatable bonds is 8. The number of nitrogen functional groups attached to an aromatic ring is 1. The van der Waals surface area contributed by atoms with E-state index in [4.69, 9.17) is 20.7 Å². The maximum Gasteiger partial charge on any atom is 0.164 e. The Morgan fingerprint density at radius 1 is 0.290 bits per heavy atom. The van der Waals surface area contributed by atoms with Crippen molar-refractivity contribution in [2.24, 2.45) is 0 Å². The maximum absolute atomic E-state index is 6.49. The molecule has 0 aliphatic heterocycles. The molecule has 11 rings (SSSR count). The largest absolute Gasteiger partial charge is 0.399 e. The van der Waals surface area contributed by atoms with Crippen LogP contribution in [0.2, 0.25) is 0 Å². The zero-order chi connectivity index (χ0) is 41.4. The van der Waals surface area contributed by atoms with Crippen molar-refractivity contribution >= 4 is 27.5 Å². The summed E-state index contributed by atoms with van der Waals surface area (Å²) in [5, 5.41) is 2.23. The average molecular weight is 794 g/mol. The fourth-order valence-electron chi connectivity index (χ4n) is 8.56. The second-order valence-electron chi connectivity index (χ2n) is 15.5. The molecule has 2 aromatic heterocycles. The van der Waals surface area contributed by atoms with Gasteiger partial charge in [-0.3, -0.25) is 0 Å². The number of nitrogens with zero attached hydrogens (tertiary/aromatic N) is 4. The molecule has 292 valence electrons. The Hall–Kier alpha value is -8.41. The summed E-state index contributed by atoms with van der Waals surface area (Å²) < 4.78 is 2.41. The van der Waals surface area contributed by atoms with Gasteiger partial charge in [0.05, 0.1) is 16.7 Å². The molecule has 2 N–H and O–H groups in total. The topological polar surface area (TPSA) is 69.6 Å². The van der Waals surface area contributed by atoms with Crippen molar-refractivity contribution in [2.45, 2.75) is 0 Å². The SMILES string of the molecule is Nc1ccc2c(c1)c1ccccc1n2-c1c(-c2ccc(-c3ccccc3)cc2)cc(-c2nc(-c3ccccc3)nc(-c3ccccc3)n2)cc1-c1ccc(-c2ccccc2)cc1. The second kappa shape index (κ2) is 15.6. The predicted molar refractivity (Wildman–Crippen MR) is 257 cm³/mol. The number of aromatic nitrogens is 4. The summed E-state index contributed by atoms with van der Waals surface area (Å²) in [6.07, 6.45) is 0. The van der Waals surface area contributed by atoms with E-state index >= 15 is 0 Å². The van der Waals surface area contributed by atoms with Crippen LogP contribution in [0.5, 0.6) is 0 Å². The monoisotopic (exact) mass is 793 g/mol. The summed E-state index contributed by atoms with van der Waals surface area (Å²) >= 11 is 0. The minimum Gasteiger partial charge on any atom is -0.399 e. The molecule has 0 saturated carbocycles. The highest BCUT2D eigenvalue weighted by atomic mass is 15.0. The van der Waals surface area contributed by atoms with Crippen molar-refractivity contribution in [2.75, 3.05) is 5.73 Å². The van der Waals surface area contributed by atoms with Crippen LogP contribution < -0.4 is 5.73 Å². The Morgan fingerprint density at radius 2 is 0.661 bits per heavy atom. The molecule has 0 aliphatic carbocycles. The van der Waals surface area contributed by atoms with Crippen LogP contribution in [-0.4, -0.2) is 19.5 Å². The molecule has 9 aromatic carbocycles. The number of para-hydroxylation sites is 1. The third-order valence-electron chi connectivity index (χ3n) is 11.6. The minimum atomic E-state index is 0.587. The lowest BCUT2D eigenvalue weighted by molar-refractivity contribution is 1.07. The van der Waals surface area contributed by atoms with Gasteiger partial charge in [0.2, 0.25) is 0 Å². The molecule has 5 nitrogen and oxygen atoms in total. The zero-order valence-corrected chi connectivity index (χ0v) is 33.7. The predicted octanol–water partition coefficient (Wildman–Crippen LogP) is 14.2. The number of anilines is 1. The van der Waals surface area contributed by atoms with Gasteiger partial charge >= 0.3 is 0 Å². The van der Waals surface area contributed by atoms with Gasteiger partial charge in [-0.05, 0) is 69.8 Å². The van der Waals surface area contributed by atoms with Crippen molar-refractivity contribution in [1.29, 1.82) is 0 Å². The van der Waals surface area contributed by atoms with Crippen molar-refractivity contribution in [3.05, 3.63) is 224 Å². The summed E-state index contributed by atoms with van der Waals surface area (Å²) in [5.74, 6) is 1.81. The molecule has 11 aromatic rings. The number of nitrogens with two attached hydrogens (primary N) is 1. The molecule has 0 aliphatic rings. The molecule has 62 heavy (non-hydrogen) atoms. The van der Waals surface area contributed by atoms with Gasteiger partial charge in [0.1, 0.15) is 0 Å². The van der Waals surface area contributed by atoms with E-state index in [0.29, 0.717) is 17.5 Å². The van der Waals surface area contributed by atoms with Gasteiger partial charge in [-0.25, -0.2) is 15.0 Å². The van der Waals surface area contributed by atoms with Gasteiger partial charge < -0.3 is 10.3 Å². The van der Waals surface area contributed by atoms with E-state index in [1.807, 2.05) is 66.7 Å². The van der Waals surface area contributed by atoms with Crippen molar-refractivity contribution in [3.63, 3.8) is 0 Å². The molecular weight excluding hydrogens is 755 g/mol. The summed E-state index contributed by atoms with van der Waals surface area (Å²) in [6, 6.07) is 78.4. The zero-order valence-electron chi connectivity index (χ0n) is 33.7. The molecular formula is C57H39N5. The van der Waals surface area contributed by atoms with Gasteiger partial charge in [0.25, 0.3) is 0 Å². The maximum atomic E-state index is 6.49.